The Kier molecular flexibility index (Phi) is 9.47. The first-order valence-corrected chi connectivity index (χ1v) is 16.2. The zero-order valence-corrected chi connectivity index (χ0v) is 27.5. The number of carbonyl (C=O) groups is 3. The first-order chi connectivity index (χ1) is 22.6. The van der Waals surface area contributed by atoms with Crippen LogP contribution in [0, 0.1) is 0 Å². The quantitative estimate of drug-likeness (QED) is 0.298. The average molecular weight is 684 g/mol. The van der Waals surface area contributed by atoms with Crippen LogP contribution < -0.4 is 15.1 Å². The maximum Gasteiger partial charge on any atom is 0.407 e. The molecular formula is C33H36Cl2N6O6. The predicted octanol–water partition coefficient (Wildman–Crippen LogP) is 4.47. The Labute approximate surface area is 282 Å². The van der Waals surface area contributed by atoms with Crippen molar-refractivity contribution in [3.63, 3.8) is 0 Å². The van der Waals surface area contributed by atoms with Gasteiger partial charge in [0.2, 0.25) is 17.7 Å². The van der Waals surface area contributed by atoms with E-state index in [1.54, 1.807) is 24.1 Å². The maximum atomic E-state index is 13.0. The Morgan fingerprint density at radius 2 is 1.79 bits per heavy atom. The highest BCUT2D eigenvalue weighted by Gasteiger charge is 2.46. The van der Waals surface area contributed by atoms with Gasteiger partial charge < -0.3 is 30.1 Å². The van der Waals surface area contributed by atoms with E-state index >= 15 is 0 Å². The molecule has 248 valence electrons. The number of halogens is 2. The number of aromatic nitrogens is 1. The molecule has 0 saturated carbocycles. The number of nitrogens with one attached hydrogen (secondary N) is 1. The number of aliphatic hydroxyl groups excluding tert-OH is 1. The molecule has 3 unspecified atom stereocenters. The van der Waals surface area contributed by atoms with Gasteiger partial charge in [-0.15, -0.1) is 0 Å². The van der Waals surface area contributed by atoms with Crippen molar-refractivity contribution in [2.24, 2.45) is 0 Å². The highest BCUT2D eigenvalue weighted by atomic mass is 35.5. The van der Waals surface area contributed by atoms with Crippen LogP contribution in [0.25, 0.3) is 22.4 Å². The molecule has 3 N–H and O–H groups in total. The van der Waals surface area contributed by atoms with Crippen LogP contribution >= 0.6 is 23.2 Å². The van der Waals surface area contributed by atoms with Crippen LogP contribution in [0.5, 0.6) is 5.88 Å². The van der Waals surface area contributed by atoms with Crippen molar-refractivity contribution in [1.82, 2.24) is 25.1 Å². The molecule has 47 heavy (non-hydrogen) atoms. The number of pyridine rings is 1. The zero-order chi connectivity index (χ0) is 33.4. The summed E-state index contributed by atoms with van der Waals surface area (Å²) in [6.45, 7) is 0.578. The van der Waals surface area contributed by atoms with E-state index in [0.29, 0.717) is 63.1 Å². The van der Waals surface area contributed by atoms with Crippen LogP contribution in [-0.2, 0) is 16.1 Å². The fraction of sp³-hybridized carbons (Fsp3) is 0.394. The van der Waals surface area contributed by atoms with Gasteiger partial charge in [0.1, 0.15) is 12.2 Å². The predicted molar refractivity (Wildman–Crippen MR) is 177 cm³/mol. The molecule has 3 aliphatic rings. The topological polar surface area (TPSA) is 139 Å². The summed E-state index contributed by atoms with van der Waals surface area (Å²) < 4.78 is 5.58. The summed E-state index contributed by atoms with van der Waals surface area (Å²) in [5, 5.41) is 27.7. The van der Waals surface area contributed by atoms with E-state index < -0.39 is 12.3 Å². The van der Waals surface area contributed by atoms with Gasteiger partial charge in [0, 0.05) is 54.9 Å². The molecule has 0 aliphatic carbocycles. The number of aliphatic hydroxyl groups is 1. The van der Waals surface area contributed by atoms with Crippen LogP contribution in [-0.4, -0.2) is 100 Å². The Hall–Kier alpha value is -4.10. The van der Waals surface area contributed by atoms with E-state index in [-0.39, 0.29) is 49.5 Å². The zero-order valence-electron chi connectivity index (χ0n) is 26.0. The van der Waals surface area contributed by atoms with Crippen molar-refractivity contribution < 1.29 is 29.3 Å². The monoisotopic (exact) mass is 682 g/mol. The first-order valence-electron chi connectivity index (χ1n) is 15.4. The Balaban J connectivity index is 1.31. The second-order valence-corrected chi connectivity index (χ2v) is 12.7. The molecule has 14 heteroatoms. The summed E-state index contributed by atoms with van der Waals surface area (Å²) in [7, 11) is 3.17. The number of hydrogen-bond donors (Lipinski definition) is 3. The average Bonchev–Trinajstić information content (AvgIpc) is 3.72. The lowest BCUT2D eigenvalue weighted by atomic mass is 10.00. The second-order valence-electron chi connectivity index (χ2n) is 11.9. The molecule has 0 radical (unpaired) electrons. The standard InChI is InChI=1S/C33H36Cl2N6O6/c1-38-28(18-42)41(40-15-5-10-26(40)32(38)44)25-9-4-7-22(30(25)35)21-6-3-8-23(29(21)34)24-13-11-19(31(37-24)47-2)16-39(33(45)46)17-20-12-14-27(43)36-20/h3-4,6-9,11,13,20,26,28,42H,5,10,12,14-18H2,1-2H3,(H,36,43)(H,45,46). The number of anilines is 1. The van der Waals surface area contributed by atoms with Crippen LogP contribution in [0.1, 0.15) is 31.2 Å². The number of hydrogen-bond acceptors (Lipinski definition) is 8. The molecule has 12 nitrogen and oxygen atoms in total. The summed E-state index contributed by atoms with van der Waals surface area (Å²) >= 11 is 14.2. The van der Waals surface area contributed by atoms with E-state index in [0.717, 1.165) is 12.8 Å². The van der Waals surface area contributed by atoms with Gasteiger partial charge in [-0.2, -0.15) is 0 Å². The fourth-order valence-electron chi connectivity index (χ4n) is 6.73. The number of methoxy groups -OCH3 is 1. The molecule has 2 aromatic carbocycles. The number of likely N-dealkylation sites (N-methyl/N-ethyl adjacent to an activating group) is 1. The van der Waals surface area contributed by atoms with Gasteiger partial charge in [0.05, 0.1) is 41.7 Å². The van der Waals surface area contributed by atoms with E-state index in [4.69, 9.17) is 32.9 Å². The van der Waals surface area contributed by atoms with E-state index in [9.17, 15) is 24.6 Å². The molecule has 6 rings (SSSR count). The van der Waals surface area contributed by atoms with Crippen molar-refractivity contribution in [2.75, 3.05) is 38.9 Å². The lowest BCUT2D eigenvalue weighted by molar-refractivity contribution is -0.145. The maximum absolute atomic E-state index is 13.0. The summed E-state index contributed by atoms with van der Waals surface area (Å²) in [6.07, 6.45) is 0.814. The molecule has 0 spiro atoms. The number of carbonyl (C=O) groups excluding carboxylic acids is 2. The van der Waals surface area contributed by atoms with Crippen molar-refractivity contribution >= 4 is 46.8 Å². The highest BCUT2D eigenvalue weighted by Crippen LogP contribution is 2.44. The molecule has 1 aromatic heterocycles. The van der Waals surface area contributed by atoms with Crippen LogP contribution in [0.15, 0.2) is 48.5 Å². The van der Waals surface area contributed by atoms with Gasteiger partial charge in [-0.1, -0.05) is 53.5 Å². The van der Waals surface area contributed by atoms with E-state index in [1.165, 1.54) is 12.0 Å². The summed E-state index contributed by atoms with van der Waals surface area (Å²) in [5.74, 6) is 0.152. The van der Waals surface area contributed by atoms with Crippen molar-refractivity contribution in [3.05, 3.63) is 64.1 Å². The van der Waals surface area contributed by atoms with Crippen LogP contribution in [0.4, 0.5) is 10.5 Å². The molecule has 0 bridgehead atoms. The molecule has 3 saturated heterocycles. The lowest BCUT2D eigenvalue weighted by Gasteiger charge is -2.50. The minimum atomic E-state index is -1.11. The third kappa shape index (κ3) is 6.18. The van der Waals surface area contributed by atoms with Gasteiger partial charge in [0.15, 0.2) is 0 Å². The van der Waals surface area contributed by atoms with Gasteiger partial charge in [0.25, 0.3) is 0 Å². The third-order valence-electron chi connectivity index (χ3n) is 9.11. The smallest absolute Gasteiger partial charge is 0.407 e. The molecule has 3 aromatic rings. The number of nitrogens with zero attached hydrogens (tertiary/aromatic N) is 5. The summed E-state index contributed by atoms with van der Waals surface area (Å²) in [6, 6.07) is 14.1. The summed E-state index contributed by atoms with van der Waals surface area (Å²) in [4.78, 5) is 44.2. The number of carboxylic acid groups (broad SMARTS) is 1. The van der Waals surface area contributed by atoms with Crippen molar-refractivity contribution in [2.45, 2.75) is 50.5 Å². The van der Waals surface area contributed by atoms with Crippen molar-refractivity contribution in [3.8, 4) is 28.3 Å². The number of ether oxygens (including phenoxy) is 1. The Morgan fingerprint density at radius 1 is 1.06 bits per heavy atom. The highest BCUT2D eigenvalue weighted by molar-refractivity contribution is 6.39. The van der Waals surface area contributed by atoms with Crippen LogP contribution in [0.3, 0.4) is 0 Å². The SMILES string of the molecule is COc1nc(-c2cccc(-c3cccc(N4C(CO)N(C)C(=O)C5CCCN54)c3Cl)c2Cl)ccc1CN(CC1CCC(=O)N1)C(=O)O. The molecule has 3 atom stereocenters. The minimum absolute atomic E-state index is 0.0206. The fourth-order valence-corrected chi connectivity index (χ4v) is 7.37. The normalized spacial score (nSPS) is 21.2. The van der Waals surface area contributed by atoms with Gasteiger partial charge >= 0.3 is 6.09 Å². The third-order valence-corrected chi connectivity index (χ3v) is 9.91. The Morgan fingerprint density at radius 3 is 2.47 bits per heavy atom. The molecule has 3 amide bonds. The second kappa shape index (κ2) is 13.6. The number of amides is 3. The van der Waals surface area contributed by atoms with Gasteiger partial charge in [-0.05, 0) is 37.5 Å². The molecule has 4 heterocycles. The van der Waals surface area contributed by atoms with E-state index in [1.807, 2.05) is 46.4 Å². The number of rotatable bonds is 9. The van der Waals surface area contributed by atoms with Crippen molar-refractivity contribution in [1.29, 1.82) is 0 Å². The van der Waals surface area contributed by atoms with E-state index in [2.05, 4.69) is 5.32 Å². The minimum Gasteiger partial charge on any atom is -0.481 e. The first kappa shape index (κ1) is 32.8. The Bertz CT molecular complexity index is 1710. The molecule has 3 aliphatic heterocycles. The number of hydrazine groups is 1. The molecular weight excluding hydrogens is 647 g/mol. The van der Waals surface area contributed by atoms with Gasteiger partial charge in [-0.25, -0.2) is 14.8 Å². The number of benzene rings is 2. The van der Waals surface area contributed by atoms with Crippen LogP contribution in [0.2, 0.25) is 10.0 Å². The molecule has 3 fully saturated rings. The summed E-state index contributed by atoms with van der Waals surface area (Å²) in [5.41, 5.74) is 3.69. The number of fused-ring (bicyclic) bond motifs is 1. The lowest BCUT2D eigenvalue weighted by Crippen LogP contribution is -2.68. The largest absolute Gasteiger partial charge is 0.481 e. The van der Waals surface area contributed by atoms with Gasteiger partial charge in [-0.3, -0.25) is 14.6 Å².